The van der Waals surface area contributed by atoms with Crippen LogP contribution in [0.25, 0.3) is 0 Å². The quantitative estimate of drug-likeness (QED) is 0.592. The Balaban J connectivity index is 1.50. The molecule has 1 aromatic rings. The van der Waals surface area contributed by atoms with Crippen LogP contribution in [0, 0.1) is 13.8 Å². The Morgan fingerprint density at radius 3 is 2.32 bits per heavy atom. The number of anilines is 1. The van der Waals surface area contributed by atoms with E-state index in [1.807, 2.05) is 32.0 Å². The van der Waals surface area contributed by atoms with Gasteiger partial charge in [-0.3, -0.25) is 14.5 Å². The standard InChI is InChI=1S/C25H40N4O2/c1-17-7-8-18(2)21(13-17)27-23(31)16-29(20-9-10-20)12-11-22(30)26-19-14-24(3,4)28-25(5,6)15-19/h7-8,13,19-20,28H,9-12,14-16H2,1-6H3,(H,26,30)(H,27,31). The van der Waals surface area contributed by atoms with E-state index in [-0.39, 0.29) is 28.9 Å². The molecular formula is C25H40N4O2. The van der Waals surface area contributed by atoms with Crippen molar-refractivity contribution >= 4 is 17.5 Å². The zero-order valence-corrected chi connectivity index (χ0v) is 20.1. The highest BCUT2D eigenvalue weighted by Crippen LogP contribution is 2.29. The molecule has 1 aromatic carbocycles. The summed E-state index contributed by atoms with van der Waals surface area (Å²) in [5, 5.41) is 9.95. The zero-order chi connectivity index (χ0) is 22.8. The van der Waals surface area contributed by atoms with E-state index in [0.717, 1.165) is 42.5 Å². The molecule has 0 atom stereocenters. The lowest BCUT2D eigenvalue weighted by atomic mass is 9.79. The van der Waals surface area contributed by atoms with Gasteiger partial charge in [-0.25, -0.2) is 0 Å². The van der Waals surface area contributed by atoms with Crippen molar-refractivity contribution in [3.8, 4) is 0 Å². The number of carbonyl (C=O) groups excluding carboxylic acids is 2. The largest absolute Gasteiger partial charge is 0.353 e. The summed E-state index contributed by atoms with van der Waals surface area (Å²) in [5.41, 5.74) is 3.07. The third kappa shape index (κ3) is 7.32. The number of carbonyl (C=O) groups is 2. The summed E-state index contributed by atoms with van der Waals surface area (Å²) in [7, 11) is 0. The fourth-order valence-electron chi connectivity index (χ4n) is 5.04. The average molecular weight is 429 g/mol. The molecule has 0 aromatic heterocycles. The van der Waals surface area contributed by atoms with Crippen molar-refractivity contribution in [2.75, 3.05) is 18.4 Å². The van der Waals surface area contributed by atoms with Gasteiger partial charge in [0, 0.05) is 41.8 Å². The van der Waals surface area contributed by atoms with Crippen LogP contribution in [0.1, 0.15) is 70.9 Å². The minimum absolute atomic E-state index is 0.00571. The predicted molar refractivity (Wildman–Crippen MR) is 126 cm³/mol. The van der Waals surface area contributed by atoms with E-state index in [9.17, 15) is 9.59 Å². The van der Waals surface area contributed by atoms with Crippen LogP contribution in [0.4, 0.5) is 5.69 Å². The molecule has 31 heavy (non-hydrogen) atoms. The summed E-state index contributed by atoms with van der Waals surface area (Å²) in [4.78, 5) is 27.5. The number of nitrogens with zero attached hydrogens (tertiary/aromatic N) is 1. The molecule has 0 radical (unpaired) electrons. The Hall–Kier alpha value is -1.92. The average Bonchev–Trinajstić information content (AvgIpc) is 3.44. The van der Waals surface area contributed by atoms with Crippen LogP contribution in [0.3, 0.4) is 0 Å². The molecule has 1 aliphatic heterocycles. The summed E-state index contributed by atoms with van der Waals surface area (Å²) in [6.07, 6.45) is 4.49. The van der Waals surface area contributed by atoms with Gasteiger partial charge in [0.2, 0.25) is 11.8 Å². The van der Waals surface area contributed by atoms with E-state index >= 15 is 0 Å². The summed E-state index contributed by atoms with van der Waals surface area (Å²) in [6.45, 7) is 13.7. The number of nitrogens with one attached hydrogen (secondary N) is 3. The van der Waals surface area contributed by atoms with Gasteiger partial charge < -0.3 is 16.0 Å². The number of aryl methyl sites for hydroxylation is 2. The minimum Gasteiger partial charge on any atom is -0.353 e. The number of rotatable bonds is 8. The summed E-state index contributed by atoms with van der Waals surface area (Å²) in [6, 6.07) is 6.68. The highest BCUT2D eigenvalue weighted by atomic mass is 16.2. The van der Waals surface area contributed by atoms with Crippen LogP contribution in [0.5, 0.6) is 0 Å². The van der Waals surface area contributed by atoms with Crippen molar-refractivity contribution < 1.29 is 9.59 Å². The number of benzene rings is 1. The van der Waals surface area contributed by atoms with E-state index < -0.39 is 0 Å². The molecule has 2 amide bonds. The number of hydrogen-bond acceptors (Lipinski definition) is 4. The van der Waals surface area contributed by atoms with Crippen LogP contribution in [0.2, 0.25) is 0 Å². The van der Waals surface area contributed by atoms with Gasteiger partial charge in [0.15, 0.2) is 0 Å². The van der Waals surface area contributed by atoms with Crippen LogP contribution < -0.4 is 16.0 Å². The van der Waals surface area contributed by atoms with Crippen LogP contribution >= 0.6 is 0 Å². The van der Waals surface area contributed by atoms with Crippen LogP contribution in [0.15, 0.2) is 18.2 Å². The predicted octanol–water partition coefficient (Wildman–Crippen LogP) is 3.52. The number of hydrogen-bond donors (Lipinski definition) is 3. The Labute approximate surface area is 187 Å². The van der Waals surface area contributed by atoms with Gasteiger partial charge in [0.25, 0.3) is 0 Å². The van der Waals surface area contributed by atoms with Crippen molar-refractivity contribution in [1.29, 1.82) is 0 Å². The highest BCUT2D eigenvalue weighted by Gasteiger charge is 2.38. The molecule has 1 aliphatic carbocycles. The second kappa shape index (κ2) is 9.29. The van der Waals surface area contributed by atoms with E-state index in [1.165, 1.54) is 0 Å². The first kappa shape index (κ1) is 23.7. The molecule has 6 nitrogen and oxygen atoms in total. The van der Waals surface area contributed by atoms with Gasteiger partial charge in [0.1, 0.15) is 0 Å². The Bertz CT molecular complexity index is 798. The van der Waals surface area contributed by atoms with E-state index in [2.05, 4.69) is 48.5 Å². The molecule has 0 bridgehead atoms. The first-order valence-corrected chi connectivity index (χ1v) is 11.6. The summed E-state index contributed by atoms with van der Waals surface area (Å²) in [5.74, 6) is 0.0712. The Morgan fingerprint density at radius 1 is 1.06 bits per heavy atom. The number of amides is 2. The van der Waals surface area contributed by atoms with Gasteiger partial charge in [-0.05, 0) is 84.4 Å². The lowest BCUT2D eigenvalue weighted by molar-refractivity contribution is -0.123. The van der Waals surface area contributed by atoms with Gasteiger partial charge in [-0.1, -0.05) is 12.1 Å². The van der Waals surface area contributed by atoms with Crippen molar-refractivity contribution in [2.24, 2.45) is 0 Å². The molecule has 0 spiro atoms. The molecule has 3 N–H and O–H groups in total. The SMILES string of the molecule is Cc1ccc(C)c(NC(=O)CN(CCC(=O)NC2CC(C)(C)NC(C)(C)C2)C2CC2)c1. The van der Waals surface area contributed by atoms with Gasteiger partial charge in [0.05, 0.1) is 6.54 Å². The van der Waals surface area contributed by atoms with Crippen molar-refractivity contribution in [2.45, 2.75) is 96.8 Å². The molecule has 6 heteroatoms. The maximum Gasteiger partial charge on any atom is 0.238 e. The van der Waals surface area contributed by atoms with Gasteiger partial charge >= 0.3 is 0 Å². The first-order chi connectivity index (χ1) is 14.4. The second-order valence-corrected chi connectivity index (χ2v) is 10.9. The number of piperidine rings is 1. The molecule has 2 aliphatic rings. The maximum absolute atomic E-state index is 12.7. The van der Waals surface area contributed by atoms with E-state index in [0.29, 0.717) is 25.6 Å². The van der Waals surface area contributed by atoms with Gasteiger partial charge in [-0.15, -0.1) is 0 Å². The summed E-state index contributed by atoms with van der Waals surface area (Å²) < 4.78 is 0. The zero-order valence-electron chi connectivity index (χ0n) is 20.1. The fourth-order valence-corrected chi connectivity index (χ4v) is 5.04. The third-order valence-corrected chi connectivity index (χ3v) is 6.26. The molecular weight excluding hydrogens is 388 g/mol. The Morgan fingerprint density at radius 2 is 1.71 bits per heavy atom. The fraction of sp³-hybridized carbons (Fsp3) is 0.680. The normalized spacial score (nSPS) is 20.5. The molecule has 1 heterocycles. The van der Waals surface area contributed by atoms with Crippen molar-refractivity contribution in [1.82, 2.24) is 15.5 Å². The molecule has 1 saturated carbocycles. The molecule has 3 rings (SSSR count). The van der Waals surface area contributed by atoms with Crippen LogP contribution in [-0.4, -0.2) is 53.0 Å². The topological polar surface area (TPSA) is 73.5 Å². The second-order valence-electron chi connectivity index (χ2n) is 10.9. The van der Waals surface area contributed by atoms with Crippen molar-refractivity contribution in [3.63, 3.8) is 0 Å². The van der Waals surface area contributed by atoms with Gasteiger partial charge in [-0.2, -0.15) is 0 Å². The minimum atomic E-state index is -0.0112. The molecule has 172 valence electrons. The maximum atomic E-state index is 12.7. The van der Waals surface area contributed by atoms with E-state index in [1.54, 1.807) is 0 Å². The third-order valence-electron chi connectivity index (χ3n) is 6.26. The highest BCUT2D eigenvalue weighted by molar-refractivity contribution is 5.93. The lowest BCUT2D eigenvalue weighted by Crippen LogP contribution is -2.62. The molecule has 0 unspecified atom stereocenters. The van der Waals surface area contributed by atoms with Crippen molar-refractivity contribution in [3.05, 3.63) is 29.3 Å². The monoisotopic (exact) mass is 428 g/mol. The Kier molecular flexibility index (Phi) is 7.11. The summed E-state index contributed by atoms with van der Waals surface area (Å²) >= 11 is 0. The lowest BCUT2D eigenvalue weighted by Gasteiger charge is -2.46. The first-order valence-electron chi connectivity index (χ1n) is 11.6. The molecule has 2 fully saturated rings. The van der Waals surface area contributed by atoms with E-state index in [4.69, 9.17) is 0 Å². The van der Waals surface area contributed by atoms with Crippen LogP contribution in [-0.2, 0) is 9.59 Å². The molecule has 1 saturated heterocycles. The smallest absolute Gasteiger partial charge is 0.238 e.